The van der Waals surface area contributed by atoms with Crippen molar-refractivity contribution in [2.45, 2.75) is 19.9 Å². The first-order valence-electron chi connectivity index (χ1n) is 7.53. The Morgan fingerprint density at radius 1 is 1.36 bits per heavy atom. The number of carbonyl (C=O) groups excluding carboxylic acids is 1. The number of amides is 1. The number of methoxy groups -OCH3 is 1. The van der Waals surface area contributed by atoms with Crippen molar-refractivity contribution in [2.75, 3.05) is 33.5 Å². The smallest absolute Gasteiger partial charge is 0.245 e. The lowest BCUT2D eigenvalue weighted by molar-refractivity contribution is -0.124. The van der Waals surface area contributed by atoms with Crippen molar-refractivity contribution in [1.29, 1.82) is 0 Å². The minimum Gasteiger partial charge on any atom is -0.380 e. The average Bonchev–Trinajstić information content (AvgIpc) is 2.86. The van der Waals surface area contributed by atoms with Crippen LogP contribution in [0.1, 0.15) is 12.7 Å². The van der Waals surface area contributed by atoms with Gasteiger partial charge in [0.2, 0.25) is 5.91 Å². The second kappa shape index (κ2) is 8.51. The van der Waals surface area contributed by atoms with Gasteiger partial charge in [-0.2, -0.15) is 0 Å². The zero-order valence-corrected chi connectivity index (χ0v) is 13.2. The third-order valence-electron chi connectivity index (χ3n) is 3.34. The Hall–Kier alpha value is -1.92. The second-order valence-corrected chi connectivity index (χ2v) is 4.90. The third-order valence-corrected chi connectivity index (χ3v) is 3.34. The molecular formula is C16H23N3O3. The van der Waals surface area contributed by atoms with Crippen LogP contribution in [-0.2, 0) is 27.2 Å². The van der Waals surface area contributed by atoms with Gasteiger partial charge in [-0.25, -0.2) is 4.98 Å². The molecule has 2 rings (SSSR count). The van der Waals surface area contributed by atoms with Gasteiger partial charge in [0.25, 0.3) is 0 Å². The fourth-order valence-electron chi connectivity index (χ4n) is 2.36. The molecule has 0 unspecified atom stereocenters. The van der Waals surface area contributed by atoms with Gasteiger partial charge in [-0.05, 0) is 19.1 Å². The highest BCUT2D eigenvalue weighted by molar-refractivity contribution is 5.77. The molecule has 0 fully saturated rings. The van der Waals surface area contributed by atoms with Crippen LogP contribution in [0.15, 0.2) is 24.3 Å². The molecule has 1 N–H and O–H groups in total. The fourth-order valence-corrected chi connectivity index (χ4v) is 2.36. The molecule has 1 amide bonds. The number of aromatic nitrogens is 2. The maximum absolute atomic E-state index is 11.4. The lowest BCUT2D eigenvalue weighted by Gasteiger charge is -2.10. The lowest BCUT2D eigenvalue weighted by Crippen LogP contribution is -2.29. The summed E-state index contributed by atoms with van der Waals surface area (Å²) in [6, 6.07) is 8.04. The Balaban J connectivity index is 2.06. The number of rotatable bonds is 9. The first kappa shape index (κ1) is 16.5. The summed E-state index contributed by atoms with van der Waals surface area (Å²) in [6.45, 7) is 4.73. The molecule has 6 heteroatoms. The standard InChI is InChI=1S/C16H23N3O3/c1-3-22-11-10-19-14-7-5-4-6-13(14)18-15(19)8-9-17-16(20)12-21-2/h4-7H,3,8-12H2,1-2H3,(H,17,20). The monoisotopic (exact) mass is 305 g/mol. The highest BCUT2D eigenvalue weighted by Gasteiger charge is 2.10. The summed E-state index contributed by atoms with van der Waals surface area (Å²) in [7, 11) is 1.51. The number of carbonyl (C=O) groups is 1. The van der Waals surface area contributed by atoms with E-state index in [0.29, 0.717) is 26.2 Å². The Morgan fingerprint density at radius 2 is 2.18 bits per heavy atom. The summed E-state index contributed by atoms with van der Waals surface area (Å²) in [5, 5.41) is 2.82. The summed E-state index contributed by atoms with van der Waals surface area (Å²) in [6.07, 6.45) is 0.677. The molecule has 0 saturated heterocycles. The average molecular weight is 305 g/mol. The number of imidazole rings is 1. The van der Waals surface area contributed by atoms with Crippen molar-refractivity contribution in [3.05, 3.63) is 30.1 Å². The van der Waals surface area contributed by atoms with E-state index >= 15 is 0 Å². The number of benzene rings is 1. The van der Waals surface area contributed by atoms with Crippen molar-refractivity contribution < 1.29 is 14.3 Å². The van der Waals surface area contributed by atoms with Crippen LogP contribution in [0.4, 0.5) is 0 Å². The molecule has 1 heterocycles. The predicted molar refractivity (Wildman–Crippen MR) is 84.8 cm³/mol. The van der Waals surface area contributed by atoms with Crippen LogP contribution in [0.5, 0.6) is 0 Å². The molecule has 0 saturated carbocycles. The number of nitrogens with one attached hydrogen (secondary N) is 1. The number of hydrogen-bond donors (Lipinski definition) is 1. The highest BCUT2D eigenvalue weighted by Crippen LogP contribution is 2.16. The van der Waals surface area contributed by atoms with Gasteiger partial charge < -0.3 is 19.4 Å². The largest absolute Gasteiger partial charge is 0.380 e. The predicted octanol–water partition coefficient (Wildman–Crippen LogP) is 1.38. The van der Waals surface area contributed by atoms with Crippen LogP contribution in [0.2, 0.25) is 0 Å². The first-order valence-corrected chi connectivity index (χ1v) is 7.53. The molecule has 0 aliphatic carbocycles. The lowest BCUT2D eigenvalue weighted by atomic mass is 10.3. The van der Waals surface area contributed by atoms with Crippen LogP contribution < -0.4 is 5.32 Å². The Kier molecular flexibility index (Phi) is 6.36. The molecule has 0 atom stereocenters. The van der Waals surface area contributed by atoms with Gasteiger partial charge in [-0.1, -0.05) is 12.1 Å². The van der Waals surface area contributed by atoms with Crippen LogP contribution in [0, 0.1) is 0 Å². The van der Waals surface area contributed by atoms with Gasteiger partial charge in [-0.15, -0.1) is 0 Å². The Bertz CT molecular complexity index is 610. The minimum atomic E-state index is -0.112. The zero-order chi connectivity index (χ0) is 15.8. The normalized spacial score (nSPS) is 11.0. The number of nitrogens with zero attached hydrogens (tertiary/aromatic N) is 2. The van der Waals surface area contributed by atoms with Crippen molar-refractivity contribution in [1.82, 2.24) is 14.9 Å². The summed E-state index contributed by atoms with van der Waals surface area (Å²) in [5.74, 6) is 0.845. The first-order chi connectivity index (χ1) is 10.8. The van der Waals surface area contributed by atoms with Crippen LogP contribution >= 0.6 is 0 Å². The topological polar surface area (TPSA) is 65.4 Å². The minimum absolute atomic E-state index is 0.0841. The quantitative estimate of drug-likeness (QED) is 0.711. The van der Waals surface area contributed by atoms with E-state index in [2.05, 4.69) is 20.9 Å². The molecule has 0 aliphatic heterocycles. The van der Waals surface area contributed by atoms with Crippen LogP contribution in [0.3, 0.4) is 0 Å². The van der Waals surface area contributed by atoms with Crippen LogP contribution in [0.25, 0.3) is 11.0 Å². The summed E-state index contributed by atoms with van der Waals surface area (Å²) in [4.78, 5) is 16.1. The van der Waals surface area contributed by atoms with Gasteiger partial charge >= 0.3 is 0 Å². The van der Waals surface area contributed by atoms with Gasteiger partial charge in [-0.3, -0.25) is 4.79 Å². The summed E-state index contributed by atoms with van der Waals surface area (Å²) >= 11 is 0. The van der Waals surface area contributed by atoms with E-state index in [4.69, 9.17) is 9.47 Å². The van der Waals surface area contributed by atoms with E-state index < -0.39 is 0 Å². The second-order valence-electron chi connectivity index (χ2n) is 4.90. The van der Waals surface area contributed by atoms with E-state index in [1.807, 2.05) is 25.1 Å². The molecule has 6 nitrogen and oxygen atoms in total. The Labute approximate surface area is 130 Å². The van der Waals surface area contributed by atoms with Gasteiger partial charge in [0.05, 0.1) is 17.6 Å². The molecule has 1 aromatic heterocycles. The molecule has 0 spiro atoms. The van der Waals surface area contributed by atoms with Crippen molar-refractivity contribution in [3.8, 4) is 0 Å². The van der Waals surface area contributed by atoms with Gasteiger partial charge in [0.1, 0.15) is 12.4 Å². The molecule has 120 valence electrons. The fraction of sp³-hybridized carbons (Fsp3) is 0.500. The van der Waals surface area contributed by atoms with E-state index in [-0.39, 0.29) is 12.5 Å². The maximum atomic E-state index is 11.4. The third kappa shape index (κ3) is 4.29. The summed E-state index contributed by atoms with van der Waals surface area (Å²) in [5.41, 5.74) is 2.07. The van der Waals surface area contributed by atoms with Crippen molar-refractivity contribution >= 4 is 16.9 Å². The molecule has 0 radical (unpaired) electrons. The van der Waals surface area contributed by atoms with E-state index in [0.717, 1.165) is 23.4 Å². The number of ether oxygens (including phenoxy) is 2. The number of para-hydroxylation sites is 2. The highest BCUT2D eigenvalue weighted by atomic mass is 16.5. The van der Waals surface area contributed by atoms with Crippen molar-refractivity contribution in [2.24, 2.45) is 0 Å². The van der Waals surface area contributed by atoms with Crippen LogP contribution in [-0.4, -0.2) is 48.9 Å². The molecule has 1 aromatic carbocycles. The SMILES string of the molecule is CCOCCn1c(CCNC(=O)COC)nc2ccccc21. The van der Waals surface area contributed by atoms with E-state index in [1.54, 1.807) is 0 Å². The summed E-state index contributed by atoms with van der Waals surface area (Å²) < 4.78 is 12.4. The molecular weight excluding hydrogens is 282 g/mol. The molecule has 0 aliphatic rings. The Morgan fingerprint density at radius 3 is 2.95 bits per heavy atom. The van der Waals surface area contributed by atoms with E-state index in [9.17, 15) is 4.79 Å². The van der Waals surface area contributed by atoms with Gasteiger partial charge in [0.15, 0.2) is 0 Å². The zero-order valence-electron chi connectivity index (χ0n) is 13.2. The van der Waals surface area contributed by atoms with Gasteiger partial charge in [0, 0.05) is 33.2 Å². The number of hydrogen-bond acceptors (Lipinski definition) is 4. The molecule has 22 heavy (non-hydrogen) atoms. The number of fused-ring (bicyclic) bond motifs is 1. The molecule has 2 aromatic rings. The van der Waals surface area contributed by atoms with Crippen molar-refractivity contribution in [3.63, 3.8) is 0 Å². The van der Waals surface area contributed by atoms with E-state index in [1.165, 1.54) is 7.11 Å². The molecule has 0 bridgehead atoms. The maximum Gasteiger partial charge on any atom is 0.245 e.